The van der Waals surface area contributed by atoms with Gasteiger partial charge in [-0.2, -0.15) is 0 Å². The molecule has 0 amide bonds. The fourth-order valence-electron chi connectivity index (χ4n) is 1.97. The Morgan fingerprint density at radius 2 is 1.84 bits per heavy atom. The topological polar surface area (TPSA) is 97.8 Å². The first-order chi connectivity index (χ1) is 8.95. The molecule has 2 heterocycles. The number of aromatic nitrogens is 3. The maximum absolute atomic E-state index is 11.9. The first kappa shape index (κ1) is 13.0. The Morgan fingerprint density at radius 3 is 2.37 bits per heavy atom. The number of nitrogens with zero attached hydrogens (tertiary/aromatic N) is 2. The van der Waals surface area contributed by atoms with Gasteiger partial charge in [0.15, 0.2) is 5.69 Å². The molecule has 0 saturated carbocycles. The summed E-state index contributed by atoms with van der Waals surface area (Å²) in [5, 5.41) is 0. The number of rotatable bonds is 3. The second-order valence-corrected chi connectivity index (χ2v) is 4.33. The van der Waals surface area contributed by atoms with E-state index in [0.717, 1.165) is 11.4 Å². The summed E-state index contributed by atoms with van der Waals surface area (Å²) in [5.41, 5.74) is 9.84. The van der Waals surface area contributed by atoms with Crippen LogP contribution in [0.1, 0.15) is 18.3 Å². The van der Waals surface area contributed by atoms with Gasteiger partial charge in [0, 0.05) is 17.9 Å². The van der Waals surface area contributed by atoms with Crippen molar-refractivity contribution in [3.05, 3.63) is 44.4 Å². The minimum absolute atomic E-state index is 0.128. The molecule has 19 heavy (non-hydrogen) atoms. The van der Waals surface area contributed by atoms with Crippen LogP contribution in [-0.4, -0.2) is 14.2 Å². The molecule has 2 rings (SSSR count). The lowest BCUT2D eigenvalue weighted by Gasteiger charge is -2.15. The molecule has 0 saturated heterocycles. The molecule has 2 aromatic rings. The molecule has 0 aliphatic rings. The van der Waals surface area contributed by atoms with Crippen LogP contribution in [0.15, 0.2) is 21.7 Å². The second kappa shape index (κ2) is 4.68. The third kappa shape index (κ3) is 2.14. The van der Waals surface area contributed by atoms with Gasteiger partial charge in [0.05, 0.1) is 0 Å². The van der Waals surface area contributed by atoms with Gasteiger partial charge in [-0.05, 0) is 32.9 Å². The number of hydrogen-bond acceptors (Lipinski definition) is 4. The molecule has 0 aliphatic carbocycles. The van der Waals surface area contributed by atoms with Gasteiger partial charge < -0.3 is 5.73 Å². The molecule has 0 atom stereocenters. The Hall–Kier alpha value is -2.44. The number of hydrogen-bond donors (Lipinski definition) is 3. The predicted octanol–water partition coefficient (Wildman–Crippen LogP) is 0.432. The number of nitrogens with two attached hydrogens (primary N) is 1. The normalized spacial score (nSPS) is 10.7. The summed E-state index contributed by atoms with van der Waals surface area (Å²) >= 11 is 0. The molecule has 0 aliphatic heterocycles. The van der Waals surface area contributed by atoms with E-state index in [1.165, 1.54) is 4.57 Å². The summed E-state index contributed by atoms with van der Waals surface area (Å²) in [6.45, 7) is 5.98. The number of nitrogens with one attached hydrogen (secondary N) is 2. The van der Waals surface area contributed by atoms with Crippen LogP contribution < -0.4 is 22.4 Å². The Bertz CT molecular complexity index is 703. The summed E-state index contributed by atoms with van der Waals surface area (Å²) in [6, 6.07) is 3.84. The Balaban J connectivity index is 2.58. The van der Waals surface area contributed by atoms with E-state index in [4.69, 9.17) is 5.73 Å². The van der Waals surface area contributed by atoms with Crippen LogP contribution in [0.25, 0.3) is 0 Å². The molecular weight excluding hydrogens is 246 g/mol. The Labute approximate surface area is 109 Å². The smallest absolute Gasteiger partial charge is 0.330 e. The van der Waals surface area contributed by atoms with Crippen LogP contribution in [0, 0.1) is 13.8 Å². The highest BCUT2D eigenvalue weighted by Gasteiger charge is 2.12. The summed E-state index contributed by atoms with van der Waals surface area (Å²) in [7, 11) is 0. The predicted molar refractivity (Wildman–Crippen MR) is 74.3 cm³/mol. The van der Waals surface area contributed by atoms with Crippen LogP contribution in [0.2, 0.25) is 0 Å². The molecule has 0 unspecified atom stereocenters. The maximum Gasteiger partial charge on any atom is 0.330 e. The van der Waals surface area contributed by atoms with Gasteiger partial charge in [-0.15, -0.1) is 0 Å². The molecule has 7 nitrogen and oxygen atoms in total. The zero-order chi connectivity index (χ0) is 14.2. The van der Waals surface area contributed by atoms with Crippen molar-refractivity contribution >= 4 is 11.5 Å². The fourth-order valence-corrected chi connectivity index (χ4v) is 1.97. The first-order valence-corrected chi connectivity index (χ1v) is 6.00. The van der Waals surface area contributed by atoms with Gasteiger partial charge in [0.25, 0.3) is 5.56 Å². The van der Waals surface area contributed by atoms with Crippen LogP contribution >= 0.6 is 0 Å². The Morgan fingerprint density at radius 1 is 1.26 bits per heavy atom. The molecule has 4 N–H and O–H groups in total. The van der Waals surface area contributed by atoms with Crippen LogP contribution in [0.4, 0.5) is 11.5 Å². The quantitative estimate of drug-likeness (QED) is 0.748. The van der Waals surface area contributed by atoms with E-state index in [1.54, 1.807) is 11.6 Å². The van der Waals surface area contributed by atoms with Crippen molar-refractivity contribution in [1.29, 1.82) is 0 Å². The van der Waals surface area contributed by atoms with Crippen LogP contribution in [-0.2, 0) is 6.54 Å². The minimum atomic E-state index is -0.528. The first-order valence-electron chi connectivity index (χ1n) is 6.00. The third-order valence-electron chi connectivity index (χ3n) is 3.05. The zero-order valence-corrected chi connectivity index (χ0v) is 11.2. The second-order valence-electron chi connectivity index (χ2n) is 4.33. The van der Waals surface area contributed by atoms with E-state index < -0.39 is 11.2 Å². The van der Waals surface area contributed by atoms with Gasteiger partial charge >= 0.3 is 5.69 Å². The van der Waals surface area contributed by atoms with Crippen molar-refractivity contribution < 1.29 is 0 Å². The highest BCUT2D eigenvalue weighted by Crippen LogP contribution is 2.13. The molecule has 0 aromatic carbocycles. The number of nitrogen functional groups attached to an aromatic ring is 1. The highest BCUT2D eigenvalue weighted by atomic mass is 16.2. The van der Waals surface area contributed by atoms with E-state index in [2.05, 4.69) is 10.4 Å². The average molecular weight is 263 g/mol. The van der Waals surface area contributed by atoms with Crippen molar-refractivity contribution in [2.45, 2.75) is 27.3 Å². The van der Waals surface area contributed by atoms with Crippen LogP contribution in [0.5, 0.6) is 0 Å². The van der Waals surface area contributed by atoms with Gasteiger partial charge in [0.2, 0.25) is 0 Å². The van der Waals surface area contributed by atoms with E-state index in [0.29, 0.717) is 6.54 Å². The van der Waals surface area contributed by atoms with Gasteiger partial charge in [-0.1, -0.05) is 0 Å². The Kier molecular flexibility index (Phi) is 3.20. The van der Waals surface area contributed by atoms with Gasteiger partial charge in [-0.25, -0.2) is 4.79 Å². The van der Waals surface area contributed by atoms with Crippen molar-refractivity contribution in [3.8, 4) is 0 Å². The molecule has 2 aromatic heterocycles. The monoisotopic (exact) mass is 263 g/mol. The SMILES string of the molecule is CCn1c(N)c(Nn2c(C)ccc2C)c(=O)[nH]c1=O. The molecule has 0 radical (unpaired) electrons. The van der Waals surface area contributed by atoms with Crippen molar-refractivity contribution in [1.82, 2.24) is 14.2 Å². The van der Waals surface area contributed by atoms with Gasteiger partial charge in [0.1, 0.15) is 5.82 Å². The maximum atomic E-state index is 11.9. The molecule has 0 bridgehead atoms. The van der Waals surface area contributed by atoms with E-state index in [9.17, 15) is 9.59 Å². The standard InChI is InChI=1S/C12H17N5O2/c1-4-16-10(13)9(11(18)14-12(16)19)15-17-7(2)5-6-8(17)3/h5-6,15H,4,13H2,1-3H3,(H,14,18,19). The lowest BCUT2D eigenvalue weighted by atomic mass is 10.4. The lowest BCUT2D eigenvalue weighted by Crippen LogP contribution is -2.34. The number of anilines is 2. The average Bonchev–Trinajstić information content (AvgIpc) is 2.65. The minimum Gasteiger partial charge on any atom is -0.383 e. The third-order valence-corrected chi connectivity index (χ3v) is 3.05. The molecular formula is C12H17N5O2. The van der Waals surface area contributed by atoms with Crippen molar-refractivity contribution in [2.24, 2.45) is 0 Å². The highest BCUT2D eigenvalue weighted by molar-refractivity contribution is 5.60. The number of H-pyrrole nitrogens is 1. The summed E-state index contributed by atoms with van der Waals surface area (Å²) < 4.78 is 3.04. The van der Waals surface area contributed by atoms with Crippen molar-refractivity contribution in [2.75, 3.05) is 11.2 Å². The molecule has 0 spiro atoms. The summed E-state index contributed by atoms with van der Waals surface area (Å²) in [4.78, 5) is 25.7. The summed E-state index contributed by atoms with van der Waals surface area (Å²) in [6.07, 6.45) is 0. The van der Waals surface area contributed by atoms with Crippen LogP contribution in [0.3, 0.4) is 0 Å². The van der Waals surface area contributed by atoms with E-state index in [-0.39, 0.29) is 11.5 Å². The fraction of sp³-hybridized carbons (Fsp3) is 0.333. The van der Waals surface area contributed by atoms with E-state index in [1.807, 2.05) is 26.0 Å². The van der Waals surface area contributed by atoms with E-state index >= 15 is 0 Å². The van der Waals surface area contributed by atoms with Crippen molar-refractivity contribution in [3.63, 3.8) is 0 Å². The molecule has 102 valence electrons. The van der Waals surface area contributed by atoms with Gasteiger partial charge in [-0.3, -0.25) is 24.4 Å². The molecule has 7 heteroatoms. The molecule has 0 fully saturated rings. The largest absolute Gasteiger partial charge is 0.383 e. The number of aromatic amines is 1. The number of aryl methyl sites for hydroxylation is 2. The zero-order valence-electron chi connectivity index (χ0n) is 11.2. The lowest BCUT2D eigenvalue weighted by molar-refractivity contribution is 0.703. The summed E-state index contributed by atoms with van der Waals surface area (Å²) in [5.74, 6) is 0.128.